The molecule has 22 heavy (non-hydrogen) atoms. The van der Waals surface area contributed by atoms with E-state index in [0.29, 0.717) is 19.1 Å². The maximum atomic E-state index is 5.70. The van der Waals surface area contributed by atoms with E-state index in [1.165, 1.54) is 0 Å². The van der Waals surface area contributed by atoms with Crippen LogP contribution in [0.25, 0.3) is 0 Å². The Labute approximate surface area is 130 Å². The molecular formula is C15H23N5O2. The summed E-state index contributed by atoms with van der Waals surface area (Å²) in [6.45, 7) is 6.06. The number of aryl methyl sites for hydroxylation is 1. The number of para-hydroxylation sites is 1. The third-order valence-electron chi connectivity index (χ3n) is 3.26. The van der Waals surface area contributed by atoms with Crippen LogP contribution in [0.15, 0.2) is 18.2 Å². The summed E-state index contributed by atoms with van der Waals surface area (Å²) in [6, 6.07) is 5.83. The second-order valence-electron chi connectivity index (χ2n) is 4.81. The molecule has 0 unspecified atom stereocenters. The molecule has 0 fully saturated rings. The Bertz CT molecular complexity index is 585. The first-order valence-corrected chi connectivity index (χ1v) is 7.58. The summed E-state index contributed by atoms with van der Waals surface area (Å²) in [5.74, 6) is 2.15. The van der Waals surface area contributed by atoms with Crippen LogP contribution >= 0.6 is 0 Å². The van der Waals surface area contributed by atoms with Crippen LogP contribution in [-0.2, 0) is 13.1 Å². The number of methoxy groups -OCH3 is 1. The number of aromatic nitrogens is 4. The molecule has 7 nitrogen and oxygen atoms in total. The van der Waals surface area contributed by atoms with Gasteiger partial charge in [0.1, 0.15) is 0 Å². The molecule has 1 N–H and O–H groups in total. The first-order chi connectivity index (χ1) is 10.8. The fraction of sp³-hybridized carbons (Fsp3) is 0.533. The zero-order valence-electron chi connectivity index (χ0n) is 13.4. The van der Waals surface area contributed by atoms with Gasteiger partial charge in [-0.05, 0) is 29.8 Å². The van der Waals surface area contributed by atoms with Crippen molar-refractivity contribution in [1.82, 2.24) is 20.2 Å². The molecule has 0 bridgehead atoms. The maximum Gasteiger partial charge on any atom is 0.243 e. The number of unbranched alkanes of at least 4 members (excludes halogenated alkanes) is 1. The number of anilines is 1. The van der Waals surface area contributed by atoms with Gasteiger partial charge in [-0.25, -0.2) is 4.68 Å². The highest BCUT2D eigenvalue weighted by atomic mass is 16.5. The molecule has 1 aromatic carbocycles. The highest BCUT2D eigenvalue weighted by Gasteiger charge is 2.11. The Balaban J connectivity index is 2.10. The summed E-state index contributed by atoms with van der Waals surface area (Å²) < 4.78 is 12.8. The van der Waals surface area contributed by atoms with Crippen molar-refractivity contribution in [3.8, 4) is 11.5 Å². The largest absolute Gasteiger partial charge is 0.493 e. The molecule has 2 aromatic rings. The van der Waals surface area contributed by atoms with Gasteiger partial charge in [0, 0.05) is 18.7 Å². The van der Waals surface area contributed by atoms with Crippen molar-refractivity contribution in [3.63, 3.8) is 0 Å². The lowest BCUT2D eigenvalue weighted by Crippen LogP contribution is -2.10. The van der Waals surface area contributed by atoms with Gasteiger partial charge >= 0.3 is 0 Å². The van der Waals surface area contributed by atoms with E-state index in [2.05, 4.69) is 27.8 Å². The van der Waals surface area contributed by atoms with Crippen molar-refractivity contribution in [2.75, 3.05) is 19.0 Å². The third-order valence-corrected chi connectivity index (χ3v) is 3.26. The minimum atomic E-state index is 0.568. The van der Waals surface area contributed by atoms with Gasteiger partial charge in [0.2, 0.25) is 5.95 Å². The zero-order valence-corrected chi connectivity index (χ0v) is 13.4. The molecule has 2 rings (SSSR count). The van der Waals surface area contributed by atoms with Gasteiger partial charge in [0.15, 0.2) is 11.5 Å². The van der Waals surface area contributed by atoms with Crippen molar-refractivity contribution in [1.29, 1.82) is 0 Å². The average molecular weight is 305 g/mol. The Morgan fingerprint density at radius 3 is 2.86 bits per heavy atom. The van der Waals surface area contributed by atoms with E-state index in [1.807, 2.05) is 25.1 Å². The number of hydrogen-bond acceptors (Lipinski definition) is 6. The van der Waals surface area contributed by atoms with Crippen LogP contribution in [0.4, 0.5) is 5.95 Å². The fourth-order valence-electron chi connectivity index (χ4n) is 2.13. The number of rotatable bonds is 9. The standard InChI is InChI=1S/C15H23N5O2/c1-4-6-10-20-15(17-18-19-20)16-11-12-8-7-9-13(21-3)14(12)22-5-2/h7-9H,4-6,10-11H2,1-3H3,(H,16,17,19). The highest BCUT2D eigenvalue weighted by molar-refractivity contribution is 5.47. The van der Waals surface area contributed by atoms with E-state index in [-0.39, 0.29) is 0 Å². The quantitative estimate of drug-likeness (QED) is 0.767. The normalized spacial score (nSPS) is 10.5. The van der Waals surface area contributed by atoms with Crippen LogP contribution < -0.4 is 14.8 Å². The van der Waals surface area contributed by atoms with Crippen LogP contribution in [-0.4, -0.2) is 33.9 Å². The van der Waals surface area contributed by atoms with E-state index in [9.17, 15) is 0 Å². The number of nitrogens with one attached hydrogen (secondary N) is 1. The molecule has 0 saturated carbocycles. The minimum Gasteiger partial charge on any atom is -0.493 e. The molecule has 0 saturated heterocycles. The molecule has 0 atom stereocenters. The van der Waals surface area contributed by atoms with Crippen molar-refractivity contribution in [3.05, 3.63) is 23.8 Å². The summed E-state index contributed by atoms with van der Waals surface area (Å²) in [6.07, 6.45) is 2.15. The number of ether oxygens (including phenoxy) is 2. The summed E-state index contributed by atoms with van der Waals surface area (Å²) in [5, 5.41) is 15.0. The maximum absolute atomic E-state index is 5.70. The second-order valence-corrected chi connectivity index (χ2v) is 4.81. The predicted molar refractivity (Wildman–Crippen MR) is 84.2 cm³/mol. The second kappa shape index (κ2) is 8.21. The van der Waals surface area contributed by atoms with Gasteiger partial charge in [-0.2, -0.15) is 0 Å². The lowest BCUT2D eigenvalue weighted by molar-refractivity contribution is 0.308. The van der Waals surface area contributed by atoms with Gasteiger partial charge in [-0.3, -0.25) is 0 Å². The molecule has 120 valence electrons. The van der Waals surface area contributed by atoms with E-state index in [0.717, 1.165) is 36.4 Å². The molecule has 0 aliphatic heterocycles. The Morgan fingerprint density at radius 2 is 2.14 bits per heavy atom. The van der Waals surface area contributed by atoms with Crippen molar-refractivity contribution in [2.45, 2.75) is 39.8 Å². The molecule has 0 aliphatic carbocycles. The number of benzene rings is 1. The lowest BCUT2D eigenvalue weighted by Gasteiger charge is -2.14. The summed E-state index contributed by atoms with van der Waals surface area (Å²) >= 11 is 0. The smallest absolute Gasteiger partial charge is 0.243 e. The van der Waals surface area contributed by atoms with Crippen LogP contribution in [0.5, 0.6) is 11.5 Å². The van der Waals surface area contributed by atoms with Gasteiger partial charge < -0.3 is 14.8 Å². The Kier molecular flexibility index (Phi) is 6.00. The topological polar surface area (TPSA) is 74.1 Å². The number of nitrogens with zero attached hydrogens (tertiary/aromatic N) is 4. The predicted octanol–water partition coefficient (Wildman–Crippen LogP) is 2.49. The highest BCUT2D eigenvalue weighted by Crippen LogP contribution is 2.31. The molecule has 0 amide bonds. The molecule has 0 radical (unpaired) electrons. The SMILES string of the molecule is CCCCn1nnnc1NCc1cccc(OC)c1OCC. The van der Waals surface area contributed by atoms with Crippen LogP contribution in [0.1, 0.15) is 32.3 Å². The number of hydrogen-bond donors (Lipinski definition) is 1. The van der Waals surface area contributed by atoms with Crippen molar-refractivity contribution in [2.24, 2.45) is 0 Å². The minimum absolute atomic E-state index is 0.568. The van der Waals surface area contributed by atoms with Gasteiger partial charge in [-0.1, -0.05) is 30.6 Å². The Morgan fingerprint density at radius 1 is 1.27 bits per heavy atom. The third kappa shape index (κ3) is 3.87. The summed E-state index contributed by atoms with van der Waals surface area (Å²) in [7, 11) is 1.64. The van der Waals surface area contributed by atoms with Gasteiger partial charge in [-0.15, -0.1) is 0 Å². The van der Waals surface area contributed by atoms with E-state index < -0.39 is 0 Å². The molecule has 1 aromatic heterocycles. The van der Waals surface area contributed by atoms with E-state index in [1.54, 1.807) is 11.8 Å². The molecular weight excluding hydrogens is 282 g/mol. The molecule has 1 heterocycles. The summed E-state index contributed by atoms with van der Waals surface area (Å²) in [4.78, 5) is 0. The summed E-state index contributed by atoms with van der Waals surface area (Å²) in [5.41, 5.74) is 1.01. The van der Waals surface area contributed by atoms with Crippen molar-refractivity contribution < 1.29 is 9.47 Å². The Hall–Kier alpha value is -2.31. The van der Waals surface area contributed by atoms with Crippen molar-refractivity contribution >= 4 is 5.95 Å². The van der Waals surface area contributed by atoms with E-state index in [4.69, 9.17) is 9.47 Å². The van der Waals surface area contributed by atoms with Gasteiger partial charge in [0.25, 0.3) is 0 Å². The number of tetrazole rings is 1. The molecule has 7 heteroatoms. The van der Waals surface area contributed by atoms with Crippen LogP contribution in [0.3, 0.4) is 0 Å². The zero-order chi connectivity index (χ0) is 15.8. The first kappa shape index (κ1) is 16.1. The monoisotopic (exact) mass is 305 g/mol. The molecule has 0 spiro atoms. The van der Waals surface area contributed by atoms with Crippen LogP contribution in [0.2, 0.25) is 0 Å². The fourth-order valence-corrected chi connectivity index (χ4v) is 2.13. The lowest BCUT2D eigenvalue weighted by atomic mass is 10.2. The van der Waals surface area contributed by atoms with Gasteiger partial charge in [0.05, 0.1) is 13.7 Å². The average Bonchev–Trinajstić information content (AvgIpc) is 2.99. The first-order valence-electron chi connectivity index (χ1n) is 7.58. The molecule has 0 aliphatic rings. The van der Waals surface area contributed by atoms with E-state index >= 15 is 0 Å². The van der Waals surface area contributed by atoms with Crippen LogP contribution in [0, 0.1) is 0 Å².